The van der Waals surface area contributed by atoms with E-state index in [1.54, 1.807) is 19.1 Å². The van der Waals surface area contributed by atoms with Crippen LogP contribution in [0.15, 0.2) is 53.4 Å². The fourth-order valence-corrected chi connectivity index (χ4v) is 4.08. The lowest BCUT2D eigenvalue weighted by atomic mass is 10.2. The lowest BCUT2D eigenvalue weighted by Crippen LogP contribution is -2.44. The number of ether oxygens (including phenoxy) is 1. The molecule has 144 valence electrons. The molecule has 2 aromatic carbocycles. The van der Waals surface area contributed by atoms with Gasteiger partial charge in [0.2, 0.25) is 0 Å². The van der Waals surface area contributed by atoms with E-state index < -0.39 is 27.0 Å². The van der Waals surface area contributed by atoms with Crippen LogP contribution in [0.4, 0.5) is 11.4 Å². The maximum Gasteiger partial charge on any atom is 0.329 e. The van der Waals surface area contributed by atoms with Crippen LogP contribution in [0.1, 0.15) is 19.4 Å². The van der Waals surface area contributed by atoms with Crippen LogP contribution in [0.25, 0.3) is 0 Å². The molecule has 9 heteroatoms. The number of benzene rings is 2. The van der Waals surface area contributed by atoms with Crippen molar-refractivity contribution in [2.75, 3.05) is 10.9 Å². The molecule has 1 atom stereocenters. The first-order chi connectivity index (χ1) is 12.7. The Morgan fingerprint density at radius 1 is 1.15 bits per heavy atom. The maximum absolute atomic E-state index is 13.2. The molecule has 0 saturated heterocycles. The van der Waals surface area contributed by atoms with E-state index in [2.05, 4.69) is 0 Å². The summed E-state index contributed by atoms with van der Waals surface area (Å²) in [5.41, 5.74) is 0.825. The fraction of sp³-hybridized carbons (Fsp3) is 0.278. The molecule has 0 unspecified atom stereocenters. The first kappa shape index (κ1) is 20.4. The summed E-state index contributed by atoms with van der Waals surface area (Å²) >= 11 is 0. The quantitative estimate of drug-likeness (QED) is 0.407. The SMILES string of the molecule is CCOC(=O)[C@H](C)N(c1ccc([N+](=O)[O-])cc1)S(=O)(=O)c1ccc(C)cc1. The van der Waals surface area contributed by atoms with Crippen molar-refractivity contribution in [2.45, 2.75) is 31.7 Å². The van der Waals surface area contributed by atoms with Gasteiger partial charge in [-0.15, -0.1) is 0 Å². The van der Waals surface area contributed by atoms with Crippen LogP contribution in [0.3, 0.4) is 0 Å². The van der Waals surface area contributed by atoms with Crippen LogP contribution in [-0.2, 0) is 19.6 Å². The van der Waals surface area contributed by atoms with Crippen molar-refractivity contribution in [3.63, 3.8) is 0 Å². The Bertz CT molecular complexity index is 923. The number of hydrogen-bond donors (Lipinski definition) is 0. The summed E-state index contributed by atoms with van der Waals surface area (Å²) in [6, 6.07) is 9.99. The third kappa shape index (κ3) is 4.43. The number of aryl methyl sites for hydroxylation is 1. The number of carbonyl (C=O) groups is 1. The Balaban J connectivity index is 2.56. The smallest absolute Gasteiger partial charge is 0.329 e. The molecule has 0 aliphatic heterocycles. The Morgan fingerprint density at radius 2 is 1.70 bits per heavy atom. The molecule has 2 aromatic rings. The second kappa shape index (κ2) is 8.17. The van der Waals surface area contributed by atoms with Crippen LogP contribution in [-0.4, -0.2) is 32.0 Å². The van der Waals surface area contributed by atoms with Gasteiger partial charge in [0, 0.05) is 12.1 Å². The summed E-state index contributed by atoms with van der Waals surface area (Å²) in [4.78, 5) is 22.5. The molecule has 0 heterocycles. The van der Waals surface area contributed by atoms with Gasteiger partial charge in [-0.05, 0) is 45.0 Å². The van der Waals surface area contributed by atoms with Gasteiger partial charge >= 0.3 is 5.97 Å². The number of esters is 1. The predicted octanol–water partition coefficient (Wildman–Crippen LogP) is 3.05. The number of anilines is 1. The van der Waals surface area contributed by atoms with E-state index in [-0.39, 0.29) is 22.9 Å². The summed E-state index contributed by atoms with van der Waals surface area (Å²) in [5, 5.41) is 10.9. The lowest BCUT2D eigenvalue weighted by Gasteiger charge is -2.29. The Morgan fingerprint density at radius 3 is 2.19 bits per heavy atom. The molecule has 0 aliphatic rings. The zero-order valence-corrected chi connectivity index (χ0v) is 16.0. The van der Waals surface area contributed by atoms with Crippen molar-refractivity contribution in [2.24, 2.45) is 0 Å². The van der Waals surface area contributed by atoms with Crippen molar-refractivity contribution in [3.8, 4) is 0 Å². The number of nitrogens with zero attached hydrogens (tertiary/aromatic N) is 2. The van der Waals surface area contributed by atoms with E-state index >= 15 is 0 Å². The fourth-order valence-electron chi connectivity index (χ4n) is 2.47. The van der Waals surface area contributed by atoms with Crippen molar-refractivity contribution < 1.29 is 22.9 Å². The van der Waals surface area contributed by atoms with E-state index in [0.29, 0.717) is 0 Å². The summed E-state index contributed by atoms with van der Waals surface area (Å²) in [6.07, 6.45) is 0. The lowest BCUT2D eigenvalue weighted by molar-refractivity contribution is -0.384. The van der Waals surface area contributed by atoms with Gasteiger partial charge in [0.05, 0.1) is 22.1 Å². The van der Waals surface area contributed by atoms with Gasteiger partial charge < -0.3 is 4.74 Å². The zero-order chi connectivity index (χ0) is 20.2. The Hall–Kier alpha value is -2.94. The molecule has 0 aliphatic carbocycles. The molecule has 0 aromatic heterocycles. The number of non-ortho nitro benzene ring substituents is 1. The third-order valence-electron chi connectivity index (χ3n) is 3.87. The van der Waals surface area contributed by atoms with Crippen LogP contribution in [0.2, 0.25) is 0 Å². The van der Waals surface area contributed by atoms with Crippen molar-refractivity contribution in [1.29, 1.82) is 0 Å². The monoisotopic (exact) mass is 392 g/mol. The van der Waals surface area contributed by atoms with E-state index in [1.165, 1.54) is 43.3 Å². The second-order valence-electron chi connectivity index (χ2n) is 5.82. The standard InChI is InChI=1S/C18H20N2O6S/c1-4-26-18(21)14(3)19(15-7-9-16(10-8-15)20(22)23)27(24,25)17-11-5-13(2)6-12-17/h5-12,14H,4H2,1-3H3/t14-/m0/s1. The van der Waals surface area contributed by atoms with Crippen molar-refractivity contribution >= 4 is 27.4 Å². The van der Waals surface area contributed by atoms with Crippen LogP contribution in [0.5, 0.6) is 0 Å². The minimum Gasteiger partial charge on any atom is -0.464 e. The molecular formula is C18H20N2O6S. The van der Waals surface area contributed by atoms with Gasteiger partial charge in [-0.3, -0.25) is 14.4 Å². The average molecular weight is 392 g/mol. The molecule has 0 N–H and O–H groups in total. The Kier molecular flexibility index (Phi) is 6.17. The highest BCUT2D eigenvalue weighted by Gasteiger charge is 2.34. The summed E-state index contributed by atoms with van der Waals surface area (Å²) in [5.74, 6) is -0.716. The molecule has 2 rings (SSSR count). The van der Waals surface area contributed by atoms with Gasteiger partial charge in [0.15, 0.2) is 0 Å². The number of nitro benzene ring substituents is 1. The van der Waals surface area contributed by atoms with Gasteiger partial charge in [-0.1, -0.05) is 17.7 Å². The maximum atomic E-state index is 13.2. The third-order valence-corrected chi connectivity index (χ3v) is 5.79. The van der Waals surface area contributed by atoms with E-state index in [0.717, 1.165) is 9.87 Å². The number of sulfonamides is 1. The van der Waals surface area contributed by atoms with Crippen LogP contribution < -0.4 is 4.31 Å². The van der Waals surface area contributed by atoms with Crippen LogP contribution >= 0.6 is 0 Å². The molecule has 0 saturated carbocycles. The number of carbonyl (C=O) groups excluding carboxylic acids is 1. The topological polar surface area (TPSA) is 107 Å². The zero-order valence-electron chi connectivity index (χ0n) is 15.2. The first-order valence-electron chi connectivity index (χ1n) is 8.20. The van der Waals surface area contributed by atoms with Crippen LogP contribution in [0, 0.1) is 17.0 Å². The predicted molar refractivity (Wildman–Crippen MR) is 100 cm³/mol. The number of nitro groups is 1. The van der Waals surface area contributed by atoms with E-state index in [4.69, 9.17) is 4.74 Å². The molecule has 0 fully saturated rings. The largest absolute Gasteiger partial charge is 0.464 e. The van der Waals surface area contributed by atoms with E-state index in [9.17, 15) is 23.3 Å². The van der Waals surface area contributed by atoms with Gasteiger partial charge in [-0.2, -0.15) is 0 Å². The molecular weight excluding hydrogens is 372 g/mol. The highest BCUT2D eigenvalue weighted by Crippen LogP contribution is 2.28. The Labute approximate surface area is 157 Å². The summed E-state index contributed by atoms with van der Waals surface area (Å²) in [6.45, 7) is 4.95. The molecule has 0 spiro atoms. The highest BCUT2D eigenvalue weighted by atomic mass is 32.2. The van der Waals surface area contributed by atoms with Crippen molar-refractivity contribution in [3.05, 3.63) is 64.2 Å². The first-order valence-corrected chi connectivity index (χ1v) is 9.64. The average Bonchev–Trinajstić information content (AvgIpc) is 2.62. The van der Waals surface area contributed by atoms with E-state index in [1.807, 2.05) is 6.92 Å². The molecule has 0 bridgehead atoms. The molecule has 8 nitrogen and oxygen atoms in total. The van der Waals surface area contributed by atoms with Crippen molar-refractivity contribution in [1.82, 2.24) is 0 Å². The normalized spacial score (nSPS) is 12.3. The van der Waals surface area contributed by atoms with Gasteiger partial charge in [0.25, 0.3) is 15.7 Å². The summed E-state index contributed by atoms with van der Waals surface area (Å²) < 4.78 is 32.3. The molecule has 27 heavy (non-hydrogen) atoms. The minimum atomic E-state index is -4.10. The number of rotatable bonds is 7. The summed E-state index contributed by atoms with van der Waals surface area (Å²) in [7, 11) is -4.10. The van der Waals surface area contributed by atoms with Gasteiger partial charge in [0.1, 0.15) is 6.04 Å². The minimum absolute atomic E-state index is 0.00241. The number of hydrogen-bond acceptors (Lipinski definition) is 6. The molecule has 0 radical (unpaired) electrons. The second-order valence-corrected chi connectivity index (χ2v) is 7.63. The highest BCUT2D eigenvalue weighted by molar-refractivity contribution is 7.92. The van der Waals surface area contributed by atoms with Gasteiger partial charge in [-0.25, -0.2) is 13.2 Å². The molecule has 0 amide bonds.